The molecule has 0 aromatic rings. The summed E-state index contributed by atoms with van der Waals surface area (Å²) in [5.41, 5.74) is -1.95. The molecule has 18 heavy (non-hydrogen) atoms. The van der Waals surface area contributed by atoms with Crippen LogP contribution in [0.1, 0.15) is 19.8 Å². The van der Waals surface area contributed by atoms with Gasteiger partial charge in [0.1, 0.15) is 0 Å². The first-order chi connectivity index (χ1) is 8.36. The van der Waals surface area contributed by atoms with Crippen molar-refractivity contribution in [2.45, 2.75) is 31.5 Å². The SMILES string of the molecule is COC1CCCN(C(=O)NCC(C)(O)C(=O)O)C1. The largest absolute Gasteiger partial charge is 0.479 e. The lowest BCUT2D eigenvalue weighted by Crippen LogP contribution is -2.52. The minimum absolute atomic E-state index is 0.0180. The standard InChI is InChI=1S/C11H20N2O5/c1-11(17,9(14)15)7-12-10(16)13-5-3-4-8(6-13)18-2/h8,17H,3-7H2,1-2H3,(H,12,16)(H,14,15). The quantitative estimate of drug-likeness (QED) is 0.641. The fourth-order valence-corrected chi connectivity index (χ4v) is 1.75. The first-order valence-corrected chi connectivity index (χ1v) is 5.88. The topological polar surface area (TPSA) is 99.1 Å². The van der Waals surface area contributed by atoms with Crippen molar-refractivity contribution in [3.63, 3.8) is 0 Å². The third-order valence-electron chi connectivity index (χ3n) is 3.04. The summed E-state index contributed by atoms with van der Waals surface area (Å²) in [5.74, 6) is -1.36. The molecule has 0 radical (unpaired) electrons. The van der Waals surface area contributed by atoms with Gasteiger partial charge in [0.25, 0.3) is 0 Å². The van der Waals surface area contributed by atoms with Crippen LogP contribution >= 0.6 is 0 Å². The Hall–Kier alpha value is -1.34. The number of carboxylic acid groups (broad SMARTS) is 1. The van der Waals surface area contributed by atoms with Crippen LogP contribution in [0.25, 0.3) is 0 Å². The van der Waals surface area contributed by atoms with E-state index in [-0.39, 0.29) is 18.7 Å². The predicted molar refractivity (Wildman–Crippen MR) is 63.3 cm³/mol. The van der Waals surface area contributed by atoms with Crippen LogP contribution in [0.5, 0.6) is 0 Å². The molecule has 2 unspecified atom stereocenters. The monoisotopic (exact) mass is 260 g/mol. The van der Waals surface area contributed by atoms with Crippen LogP contribution in [0.2, 0.25) is 0 Å². The number of amides is 2. The van der Waals surface area contributed by atoms with Crippen molar-refractivity contribution < 1.29 is 24.5 Å². The van der Waals surface area contributed by atoms with Gasteiger partial charge in [0.05, 0.1) is 12.6 Å². The van der Waals surface area contributed by atoms with Gasteiger partial charge in [-0.2, -0.15) is 0 Å². The second-order valence-electron chi connectivity index (χ2n) is 4.68. The van der Waals surface area contributed by atoms with E-state index in [0.717, 1.165) is 19.8 Å². The van der Waals surface area contributed by atoms with Crippen molar-refractivity contribution in [3.05, 3.63) is 0 Å². The van der Waals surface area contributed by atoms with Gasteiger partial charge in [-0.1, -0.05) is 0 Å². The highest BCUT2D eigenvalue weighted by atomic mass is 16.5. The summed E-state index contributed by atoms with van der Waals surface area (Å²) in [7, 11) is 1.60. The number of methoxy groups -OCH3 is 1. The number of ether oxygens (including phenoxy) is 1. The molecule has 1 saturated heterocycles. The van der Waals surface area contributed by atoms with E-state index in [1.165, 1.54) is 0 Å². The van der Waals surface area contributed by atoms with Crippen molar-refractivity contribution >= 4 is 12.0 Å². The predicted octanol–water partition coefficient (Wildman–Crippen LogP) is -0.358. The zero-order valence-electron chi connectivity index (χ0n) is 10.7. The molecule has 0 saturated carbocycles. The smallest absolute Gasteiger partial charge is 0.337 e. The maximum absolute atomic E-state index is 11.8. The number of piperidine rings is 1. The second-order valence-corrected chi connectivity index (χ2v) is 4.68. The lowest BCUT2D eigenvalue weighted by atomic mass is 10.1. The van der Waals surface area contributed by atoms with Crippen LogP contribution in [0.15, 0.2) is 0 Å². The average Bonchev–Trinajstić information content (AvgIpc) is 2.36. The third-order valence-corrected chi connectivity index (χ3v) is 3.04. The Morgan fingerprint density at radius 2 is 2.22 bits per heavy atom. The lowest BCUT2D eigenvalue weighted by Gasteiger charge is -2.32. The molecule has 1 heterocycles. The first kappa shape index (κ1) is 14.7. The number of hydrogen-bond acceptors (Lipinski definition) is 4. The van der Waals surface area contributed by atoms with E-state index in [9.17, 15) is 14.7 Å². The van der Waals surface area contributed by atoms with Crippen molar-refractivity contribution in [2.24, 2.45) is 0 Å². The van der Waals surface area contributed by atoms with Crippen LogP contribution in [-0.4, -0.2) is 65.6 Å². The van der Waals surface area contributed by atoms with Gasteiger partial charge < -0.3 is 25.2 Å². The Morgan fingerprint density at radius 1 is 1.56 bits per heavy atom. The fourth-order valence-electron chi connectivity index (χ4n) is 1.75. The number of hydrogen-bond donors (Lipinski definition) is 3. The molecule has 0 aromatic carbocycles. The van der Waals surface area contributed by atoms with Crippen molar-refractivity contribution in [3.8, 4) is 0 Å². The average molecular weight is 260 g/mol. The van der Waals surface area contributed by atoms with E-state index >= 15 is 0 Å². The van der Waals surface area contributed by atoms with Gasteiger partial charge in [0.2, 0.25) is 0 Å². The Labute approximate surface area is 106 Å². The highest BCUT2D eigenvalue weighted by molar-refractivity contribution is 5.79. The number of carbonyl (C=O) groups excluding carboxylic acids is 1. The normalized spacial score (nSPS) is 23.3. The van der Waals surface area contributed by atoms with E-state index in [1.54, 1.807) is 12.0 Å². The number of nitrogens with one attached hydrogen (secondary N) is 1. The number of aliphatic carboxylic acids is 1. The Balaban J connectivity index is 2.43. The molecule has 7 heteroatoms. The van der Waals surface area contributed by atoms with Crippen LogP contribution in [0.4, 0.5) is 4.79 Å². The van der Waals surface area contributed by atoms with Gasteiger partial charge in [0, 0.05) is 20.2 Å². The van der Waals surface area contributed by atoms with Gasteiger partial charge in [0.15, 0.2) is 5.60 Å². The van der Waals surface area contributed by atoms with Crippen LogP contribution in [0, 0.1) is 0 Å². The fraction of sp³-hybridized carbons (Fsp3) is 0.818. The molecule has 1 aliphatic heterocycles. The van der Waals surface area contributed by atoms with E-state index in [2.05, 4.69) is 5.32 Å². The van der Waals surface area contributed by atoms with Gasteiger partial charge in [-0.25, -0.2) is 9.59 Å². The highest BCUT2D eigenvalue weighted by Crippen LogP contribution is 2.12. The molecular weight excluding hydrogens is 240 g/mol. The van der Waals surface area contributed by atoms with Crippen LogP contribution in [-0.2, 0) is 9.53 Å². The van der Waals surface area contributed by atoms with Crippen molar-refractivity contribution in [2.75, 3.05) is 26.7 Å². The molecule has 1 aliphatic rings. The number of urea groups is 1. The molecule has 0 aromatic heterocycles. The van der Waals surface area contributed by atoms with Gasteiger partial charge >= 0.3 is 12.0 Å². The zero-order valence-corrected chi connectivity index (χ0v) is 10.7. The zero-order chi connectivity index (χ0) is 13.8. The Bertz CT molecular complexity index is 319. The van der Waals surface area contributed by atoms with Crippen LogP contribution < -0.4 is 5.32 Å². The molecule has 2 amide bonds. The third kappa shape index (κ3) is 3.85. The molecule has 104 valence electrons. The summed E-state index contributed by atoms with van der Waals surface area (Å²) < 4.78 is 5.19. The van der Waals surface area contributed by atoms with Crippen molar-refractivity contribution in [1.29, 1.82) is 0 Å². The molecule has 7 nitrogen and oxygen atoms in total. The first-order valence-electron chi connectivity index (χ1n) is 5.88. The molecule has 3 N–H and O–H groups in total. The van der Waals surface area contributed by atoms with E-state index in [4.69, 9.17) is 9.84 Å². The van der Waals surface area contributed by atoms with E-state index in [1.807, 2.05) is 0 Å². The van der Waals surface area contributed by atoms with Gasteiger partial charge in [-0.05, 0) is 19.8 Å². The Morgan fingerprint density at radius 3 is 2.78 bits per heavy atom. The number of likely N-dealkylation sites (tertiary alicyclic amines) is 1. The highest BCUT2D eigenvalue weighted by Gasteiger charge is 2.31. The summed E-state index contributed by atoms with van der Waals surface area (Å²) in [6, 6.07) is -0.377. The Kier molecular flexibility index (Phi) is 4.92. The maximum Gasteiger partial charge on any atom is 0.337 e. The van der Waals surface area contributed by atoms with Gasteiger partial charge in [-0.3, -0.25) is 0 Å². The molecule has 2 atom stereocenters. The van der Waals surface area contributed by atoms with E-state index in [0.29, 0.717) is 13.1 Å². The molecule has 1 rings (SSSR count). The van der Waals surface area contributed by atoms with Crippen molar-refractivity contribution in [1.82, 2.24) is 10.2 Å². The van der Waals surface area contributed by atoms with E-state index < -0.39 is 11.6 Å². The number of nitrogens with zero attached hydrogens (tertiary/aromatic N) is 1. The lowest BCUT2D eigenvalue weighted by molar-refractivity contribution is -0.155. The summed E-state index contributed by atoms with van der Waals surface area (Å²) in [5, 5.41) is 20.6. The molecule has 0 spiro atoms. The molecule has 0 aliphatic carbocycles. The summed E-state index contributed by atoms with van der Waals surface area (Å²) in [6.45, 7) is 1.91. The number of rotatable bonds is 4. The molecule has 1 fully saturated rings. The number of carboxylic acids is 1. The number of aliphatic hydroxyl groups is 1. The summed E-state index contributed by atoms with van der Waals surface area (Å²) in [4.78, 5) is 24.0. The molecular formula is C11H20N2O5. The maximum atomic E-state index is 11.8. The molecule has 0 bridgehead atoms. The summed E-state index contributed by atoms with van der Waals surface area (Å²) >= 11 is 0. The second kappa shape index (κ2) is 6.01. The van der Waals surface area contributed by atoms with Gasteiger partial charge in [-0.15, -0.1) is 0 Å². The summed E-state index contributed by atoms with van der Waals surface area (Å²) in [6.07, 6.45) is 1.78. The number of carbonyl (C=O) groups is 2. The minimum atomic E-state index is -1.95. The minimum Gasteiger partial charge on any atom is -0.479 e. The van der Waals surface area contributed by atoms with Crippen LogP contribution in [0.3, 0.4) is 0 Å².